The molecular formula is MnO6P2S2. The fourth-order valence-electron chi connectivity index (χ4n) is 0. The third-order valence-electron chi connectivity index (χ3n) is 0. The Kier molecular flexibility index (Phi) is 11.6. The average Bonchev–Trinajstić information content (AvgIpc) is 1.12. The van der Waals surface area contributed by atoms with Crippen LogP contribution in [-0.2, 0) is 50.7 Å². The molecule has 6 nitrogen and oxygen atoms in total. The van der Waals surface area contributed by atoms with Gasteiger partial charge in [0.2, 0.25) is 0 Å². The standard InChI is InChI=1S/Mn.2H3O3PS/c;2*1-4(2,3)5/h;2*(H3,1,2,3,5)/q+6;;/p-6. The topological polar surface area (TPSA) is 126 Å². The van der Waals surface area contributed by atoms with E-state index in [0.29, 0.717) is 0 Å². The maximum absolute atomic E-state index is 8.92. The van der Waals surface area contributed by atoms with Gasteiger partial charge in [-0.3, -0.25) is 0 Å². The third-order valence-corrected chi connectivity index (χ3v) is 0. The Balaban J connectivity index is -0.000000107. The van der Waals surface area contributed by atoms with Crippen molar-refractivity contribution >= 4 is 38.1 Å². The van der Waals surface area contributed by atoms with E-state index in [9.17, 15) is 0 Å². The maximum Gasteiger partial charge on any atom is 6.00 e. The van der Waals surface area contributed by atoms with Crippen LogP contribution < -0.4 is 19.6 Å². The van der Waals surface area contributed by atoms with Gasteiger partial charge in [-0.25, -0.2) is 13.6 Å². The van der Waals surface area contributed by atoms with Gasteiger partial charge in [0.1, 0.15) is 0 Å². The van der Waals surface area contributed by atoms with Gasteiger partial charge < -0.3 is 53.2 Å². The molecule has 0 fully saturated rings. The summed E-state index contributed by atoms with van der Waals surface area (Å²) in [6, 6.07) is 0. The second-order valence-corrected chi connectivity index (χ2v) is 5.37. The zero-order chi connectivity index (χ0) is 9.00. The molecule has 0 atom stereocenters. The molecule has 11 heteroatoms. The van der Waals surface area contributed by atoms with Crippen LogP contribution in [0.5, 0.6) is 0 Å². The summed E-state index contributed by atoms with van der Waals surface area (Å²) in [6.45, 7) is -9.11. The van der Waals surface area contributed by atoms with Crippen LogP contribution >= 0.6 is 13.6 Å². The number of rotatable bonds is 0. The van der Waals surface area contributed by atoms with Gasteiger partial charge in [0.15, 0.2) is 0 Å². The predicted octanol–water partition coefficient (Wildman–Crippen LogP) is -3.28. The van der Waals surface area contributed by atoms with Crippen LogP contribution in [0, 0.1) is 0 Å². The van der Waals surface area contributed by atoms with Crippen molar-refractivity contribution < 1.29 is 45.8 Å². The van der Waals surface area contributed by atoms with E-state index in [1.807, 2.05) is 0 Å². The Bertz CT molecular complexity index is 131. The van der Waals surface area contributed by atoms with Gasteiger partial charge in [-0.05, 0) is 0 Å². The second-order valence-electron chi connectivity index (χ2n) is 0.894. The smallest absolute Gasteiger partial charge is 0.829 e. The van der Waals surface area contributed by atoms with E-state index in [4.69, 9.17) is 28.7 Å². The van der Waals surface area contributed by atoms with Gasteiger partial charge in [-0.2, -0.15) is 0 Å². The minimum absolute atomic E-state index is 0. The Morgan fingerprint density at radius 1 is 0.818 bits per heavy atom. The van der Waals surface area contributed by atoms with Crippen molar-refractivity contribution in [3.63, 3.8) is 0 Å². The zero-order valence-corrected chi connectivity index (χ0v) is 9.14. The monoisotopic (exact) mass is 277 g/mol. The summed E-state index contributed by atoms with van der Waals surface area (Å²) >= 11 is 6.54. The summed E-state index contributed by atoms with van der Waals surface area (Å²) in [4.78, 5) is 35.7. The largest absolute Gasteiger partial charge is 6.00 e. The van der Waals surface area contributed by atoms with Crippen molar-refractivity contribution in [3.8, 4) is 0 Å². The second kappa shape index (κ2) is 6.97. The van der Waals surface area contributed by atoms with Gasteiger partial charge in [-0.15, -0.1) is 0 Å². The summed E-state index contributed by atoms with van der Waals surface area (Å²) in [7, 11) is 0. The predicted molar refractivity (Wildman–Crippen MR) is 29.9 cm³/mol. The van der Waals surface area contributed by atoms with Crippen molar-refractivity contribution in [3.05, 3.63) is 0 Å². The number of hydrogen-bond donors (Lipinski definition) is 0. The normalized spacial score (nSPS) is 10.7. The summed E-state index contributed by atoms with van der Waals surface area (Å²) in [5, 5.41) is 0. The molecule has 65 valence electrons. The van der Waals surface area contributed by atoms with Gasteiger partial charge in [0, 0.05) is 0 Å². The first-order valence-corrected chi connectivity index (χ1v) is 6.57. The van der Waals surface area contributed by atoms with Crippen LogP contribution in [0.2, 0.25) is 0 Å². The Morgan fingerprint density at radius 3 is 0.818 bits per heavy atom. The number of hydrogen-bond acceptors (Lipinski definition) is 8. The van der Waals surface area contributed by atoms with Gasteiger partial charge in [-0.1, -0.05) is 0 Å². The molecule has 0 unspecified atom stereocenters. The molecule has 0 heterocycles. The quantitative estimate of drug-likeness (QED) is 0.256. The van der Waals surface area contributed by atoms with Crippen LogP contribution in [-0.4, -0.2) is 0 Å². The molecule has 1 radical (unpaired) electrons. The van der Waals surface area contributed by atoms with Crippen LogP contribution in [0.25, 0.3) is 0 Å². The zero-order valence-electron chi connectivity index (χ0n) is 4.54. The fraction of sp³-hybridized carbons (Fsp3) is 0. The molecule has 0 aromatic carbocycles. The van der Waals surface area contributed by atoms with E-state index >= 15 is 0 Å². The molecule has 0 rings (SSSR count). The van der Waals surface area contributed by atoms with Gasteiger partial charge in [0.25, 0.3) is 0 Å². The van der Waals surface area contributed by atoms with Gasteiger partial charge >= 0.3 is 17.1 Å². The molecule has 0 saturated carbocycles. The van der Waals surface area contributed by atoms with Crippen molar-refractivity contribution in [2.45, 2.75) is 0 Å². The molecule has 11 heavy (non-hydrogen) atoms. The van der Waals surface area contributed by atoms with E-state index in [1.165, 1.54) is 0 Å². The molecule has 0 N–H and O–H groups in total. The van der Waals surface area contributed by atoms with Crippen molar-refractivity contribution in [1.29, 1.82) is 0 Å². The van der Waals surface area contributed by atoms with Crippen LogP contribution in [0.15, 0.2) is 0 Å². The minimum Gasteiger partial charge on any atom is -0.829 e. The first kappa shape index (κ1) is 18.3. The maximum atomic E-state index is 8.92. The van der Waals surface area contributed by atoms with Gasteiger partial charge in [0.05, 0.1) is 0 Å². The molecule has 0 aromatic heterocycles. The SMILES string of the molecule is O=P([O-])([O-])[S-].O=P([O-])([O-])[S-].[Mn+6]. The Labute approximate surface area is 83.9 Å². The molecule has 0 spiro atoms. The Morgan fingerprint density at radius 2 is 0.818 bits per heavy atom. The van der Waals surface area contributed by atoms with Crippen molar-refractivity contribution in [2.24, 2.45) is 0 Å². The molecular weight excluding hydrogens is 277 g/mol. The minimum atomic E-state index is -4.56. The van der Waals surface area contributed by atoms with Crippen molar-refractivity contribution in [1.82, 2.24) is 0 Å². The average molecular weight is 277 g/mol. The molecule has 0 saturated heterocycles. The first-order valence-electron chi connectivity index (χ1n) is 1.46. The van der Waals surface area contributed by atoms with Crippen LogP contribution in [0.1, 0.15) is 0 Å². The van der Waals surface area contributed by atoms with E-state index in [-0.39, 0.29) is 17.1 Å². The van der Waals surface area contributed by atoms with Crippen LogP contribution in [0.3, 0.4) is 0 Å². The molecule has 0 aliphatic carbocycles. The fourth-order valence-corrected chi connectivity index (χ4v) is 0. The first-order chi connectivity index (χ1) is 4.00. The summed E-state index contributed by atoms with van der Waals surface area (Å²) < 4.78 is 17.8. The summed E-state index contributed by atoms with van der Waals surface area (Å²) in [5.74, 6) is 0. The van der Waals surface area contributed by atoms with Crippen LogP contribution in [0.4, 0.5) is 0 Å². The molecule has 0 aromatic rings. The summed E-state index contributed by atoms with van der Waals surface area (Å²) in [6.07, 6.45) is 0. The molecule has 0 aliphatic heterocycles. The third kappa shape index (κ3) is 452. The molecule has 0 amide bonds. The van der Waals surface area contributed by atoms with E-state index < -0.39 is 13.6 Å². The van der Waals surface area contributed by atoms with E-state index in [0.717, 1.165) is 0 Å². The van der Waals surface area contributed by atoms with Crippen molar-refractivity contribution in [2.75, 3.05) is 0 Å². The molecule has 0 aliphatic rings. The summed E-state index contributed by atoms with van der Waals surface area (Å²) in [5.41, 5.74) is 0. The van der Waals surface area contributed by atoms with E-state index in [1.54, 1.807) is 0 Å². The van der Waals surface area contributed by atoms with E-state index in [2.05, 4.69) is 24.5 Å². The Hall–Kier alpha value is 1.52. The molecule has 0 bridgehead atoms.